The van der Waals surface area contributed by atoms with Crippen molar-refractivity contribution in [3.05, 3.63) is 77.3 Å². The van der Waals surface area contributed by atoms with Crippen molar-refractivity contribution in [1.29, 1.82) is 0 Å². The van der Waals surface area contributed by atoms with Gasteiger partial charge in [0, 0.05) is 35.6 Å². The summed E-state index contributed by atoms with van der Waals surface area (Å²) in [5.74, 6) is 0.760. The van der Waals surface area contributed by atoms with Gasteiger partial charge in [-0.1, -0.05) is 17.7 Å². The highest BCUT2D eigenvalue weighted by Crippen LogP contribution is 2.30. The molecule has 7 heteroatoms. The standard InChI is InChI=1S/C24H21ClFN5/c25-20-13-18(6-8-21(20)26)28-24-19-7-5-16(15-31-10-1-2-11-31)12-22(19)29-23(30-24)17-4-3-9-27-14-17/h3-9,12-14H,1-2,10-11,15H2,(H,28,29,30). The quantitative estimate of drug-likeness (QED) is 0.429. The number of likely N-dealkylation sites (tertiary alicyclic amines) is 1. The van der Waals surface area contributed by atoms with Crippen LogP contribution in [0.1, 0.15) is 18.4 Å². The SMILES string of the molecule is Fc1ccc(Nc2nc(-c3cccnc3)nc3cc(CN4CCCC4)ccc23)cc1Cl. The maximum atomic E-state index is 13.6. The molecule has 5 rings (SSSR count). The molecule has 3 heterocycles. The third kappa shape index (κ3) is 4.36. The number of anilines is 2. The van der Waals surface area contributed by atoms with E-state index in [2.05, 4.69) is 27.3 Å². The lowest BCUT2D eigenvalue weighted by atomic mass is 10.1. The number of pyridine rings is 1. The number of rotatable bonds is 5. The van der Waals surface area contributed by atoms with Crippen LogP contribution in [0.2, 0.25) is 5.02 Å². The van der Waals surface area contributed by atoms with E-state index in [9.17, 15) is 4.39 Å². The Morgan fingerprint density at radius 3 is 2.68 bits per heavy atom. The predicted octanol–water partition coefficient (Wildman–Crippen LogP) is 5.82. The minimum Gasteiger partial charge on any atom is -0.340 e. The molecule has 0 unspecified atom stereocenters. The van der Waals surface area contributed by atoms with Crippen molar-refractivity contribution in [3.63, 3.8) is 0 Å². The lowest BCUT2D eigenvalue weighted by molar-refractivity contribution is 0.331. The molecule has 4 aromatic rings. The van der Waals surface area contributed by atoms with Crippen molar-refractivity contribution in [1.82, 2.24) is 19.9 Å². The second-order valence-electron chi connectivity index (χ2n) is 7.73. The van der Waals surface area contributed by atoms with Crippen LogP contribution >= 0.6 is 11.6 Å². The van der Waals surface area contributed by atoms with Crippen molar-refractivity contribution in [2.45, 2.75) is 19.4 Å². The molecule has 1 saturated heterocycles. The normalized spacial score (nSPS) is 14.3. The van der Waals surface area contributed by atoms with E-state index in [4.69, 9.17) is 21.6 Å². The molecule has 1 fully saturated rings. The molecule has 0 spiro atoms. The molecular formula is C24H21ClFN5. The lowest BCUT2D eigenvalue weighted by Gasteiger charge is -2.16. The summed E-state index contributed by atoms with van der Waals surface area (Å²) in [5, 5.41) is 4.23. The van der Waals surface area contributed by atoms with Crippen LogP contribution in [0.5, 0.6) is 0 Å². The summed E-state index contributed by atoms with van der Waals surface area (Å²) in [5.41, 5.74) is 3.56. The summed E-state index contributed by atoms with van der Waals surface area (Å²) in [4.78, 5) is 16.2. The zero-order valence-corrected chi connectivity index (χ0v) is 17.6. The number of nitrogens with one attached hydrogen (secondary N) is 1. The molecule has 0 saturated carbocycles. The van der Waals surface area contributed by atoms with E-state index < -0.39 is 5.82 Å². The van der Waals surface area contributed by atoms with Gasteiger partial charge in [0.05, 0.1) is 10.5 Å². The summed E-state index contributed by atoms with van der Waals surface area (Å²) in [6.07, 6.45) is 5.98. The summed E-state index contributed by atoms with van der Waals surface area (Å²) in [7, 11) is 0. The molecule has 2 aromatic heterocycles. The fourth-order valence-corrected chi connectivity index (χ4v) is 4.08. The van der Waals surface area contributed by atoms with Crippen LogP contribution in [0.4, 0.5) is 15.9 Å². The van der Waals surface area contributed by atoms with Gasteiger partial charge in [0.1, 0.15) is 11.6 Å². The average molecular weight is 434 g/mol. The molecule has 156 valence electrons. The van der Waals surface area contributed by atoms with Crippen molar-refractivity contribution >= 4 is 34.0 Å². The zero-order valence-electron chi connectivity index (χ0n) is 16.9. The minimum absolute atomic E-state index is 0.0590. The van der Waals surface area contributed by atoms with Crippen LogP contribution in [-0.4, -0.2) is 32.9 Å². The highest BCUT2D eigenvalue weighted by molar-refractivity contribution is 6.31. The van der Waals surface area contributed by atoms with Crippen LogP contribution in [0, 0.1) is 5.82 Å². The van der Waals surface area contributed by atoms with Crippen LogP contribution in [0.3, 0.4) is 0 Å². The van der Waals surface area contributed by atoms with E-state index in [1.807, 2.05) is 18.2 Å². The first-order valence-electron chi connectivity index (χ1n) is 10.3. The molecule has 2 aromatic carbocycles. The first-order chi connectivity index (χ1) is 15.2. The fraction of sp³-hybridized carbons (Fsp3) is 0.208. The molecule has 0 atom stereocenters. The van der Waals surface area contributed by atoms with E-state index in [0.29, 0.717) is 17.3 Å². The van der Waals surface area contributed by atoms with Gasteiger partial charge < -0.3 is 5.32 Å². The summed E-state index contributed by atoms with van der Waals surface area (Å²) in [6, 6.07) is 14.6. The number of hydrogen-bond acceptors (Lipinski definition) is 5. The van der Waals surface area contributed by atoms with Crippen molar-refractivity contribution in [2.75, 3.05) is 18.4 Å². The molecule has 0 bridgehead atoms. The molecule has 0 radical (unpaired) electrons. The van der Waals surface area contributed by atoms with E-state index in [1.165, 1.54) is 24.5 Å². The van der Waals surface area contributed by atoms with Gasteiger partial charge >= 0.3 is 0 Å². The molecule has 1 aliphatic rings. The van der Waals surface area contributed by atoms with Gasteiger partial charge in [0.15, 0.2) is 5.82 Å². The van der Waals surface area contributed by atoms with Gasteiger partial charge in [-0.25, -0.2) is 14.4 Å². The summed E-state index contributed by atoms with van der Waals surface area (Å²) < 4.78 is 13.6. The fourth-order valence-electron chi connectivity index (χ4n) is 3.90. The van der Waals surface area contributed by atoms with Crippen LogP contribution in [-0.2, 0) is 6.54 Å². The van der Waals surface area contributed by atoms with Crippen molar-refractivity contribution < 1.29 is 4.39 Å². The Kier molecular flexibility index (Phi) is 5.49. The maximum Gasteiger partial charge on any atom is 0.163 e. The third-order valence-corrected chi connectivity index (χ3v) is 5.76. The maximum absolute atomic E-state index is 13.6. The molecule has 5 nitrogen and oxygen atoms in total. The molecule has 0 amide bonds. The summed E-state index contributed by atoms with van der Waals surface area (Å²) >= 11 is 5.97. The molecule has 1 N–H and O–H groups in total. The van der Waals surface area contributed by atoms with Crippen molar-refractivity contribution in [2.24, 2.45) is 0 Å². The Labute approximate surface area is 184 Å². The van der Waals surface area contributed by atoms with Gasteiger partial charge in [0.25, 0.3) is 0 Å². The van der Waals surface area contributed by atoms with Gasteiger partial charge in [-0.05, 0) is 74.0 Å². The van der Waals surface area contributed by atoms with Gasteiger partial charge in [0.2, 0.25) is 0 Å². The number of fused-ring (bicyclic) bond motifs is 1. The predicted molar refractivity (Wildman–Crippen MR) is 122 cm³/mol. The van der Waals surface area contributed by atoms with Gasteiger partial charge in [-0.15, -0.1) is 0 Å². The topological polar surface area (TPSA) is 53.9 Å². The first kappa shape index (κ1) is 19.8. The van der Waals surface area contributed by atoms with Crippen LogP contribution < -0.4 is 5.32 Å². The minimum atomic E-state index is -0.456. The largest absolute Gasteiger partial charge is 0.340 e. The second-order valence-corrected chi connectivity index (χ2v) is 8.13. The Bertz CT molecular complexity index is 1230. The smallest absolute Gasteiger partial charge is 0.163 e. The first-order valence-corrected chi connectivity index (χ1v) is 10.7. The van der Waals surface area contributed by atoms with E-state index in [1.54, 1.807) is 24.5 Å². The number of nitrogens with zero attached hydrogens (tertiary/aromatic N) is 4. The monoisotopic (exact) mass is 433 g/mol. The number of benzene rings is 2. The summed E-state index contributed by atoms with van der Waals surface area (Å²) in [6.45, 7) is 3.19. The second kappa shape index (κ2) is 8.57. The zero-order chi connectivity index (χ0) is 21.2. The number of aromatic nitrogens is 3. The van der Waals surface area contributed by atoms with Crippen LogP contribution in [0.25, 0.3) is 22.3 Å². The average Bonchev–Trinajstić information content (AvgIpc) is 3.29. The van der Waals surface area contributed by atoms with Gasteiger partial charge in [-0.2, -0.15) is 0 Å². The Balaban J connectivity index is 1.58. The molecule has 0 aliphatic carbocycles. The van der Waals surface area contributed by atoms with E-state index >= 15 is 0 Å². The van der Waals surface area contributed by atoms with Crippen LogP contribution in [0.15, 0.2) is 60.9 Å². The molecule has 1 aliphatic heterocycles. The molecular weight excluding hydrogens is 413 g/mol. The molecule has 31 heavy (non-hydrogen) atoms. The van der Waals surface area contributed by atoms with E-state index in [0.717, 1.165) is 36.1 Å². The highest BCUT2D eigenvalue weighted by Gasteiger charge is 2.15. The highest BCUT2D eigenvalue weighted by atomic mass is 35.5. The Hall–Kier alpha value is -3.09. The Morgan fingerprint density at radius 1 is 1.03 bits per heavy atom. The number of halogens is 2. The lowest BCUT2D eigenvalue weighted by Crippen LogP contribution is -2.18. The third-order valence-electron chi connectivity index (χ3n) is 5.47. The number of hydrogen-bond donors (Lipinski definition) is 1. The van der Waals surface area contributed by atoms with E-state index in [-0.39, 0.29) is 5.02 Å². The Morgan fingerprint density at radius 2 is 1.90 bits per heavy atom. The van der Waals surface area contributed by atoms with Crippen molar-refractivity contribution in [3.8, 4) is 11.4 Å². The van der Waals surface area contributed by atoms with Gasteiger partial charge in [-0.3, -0.25) is 9.88 Å².